The summed E-state index contributed by atoms with van der Waals surface area (Å²) in [7, 11) is 1.87. The molecule has 1 atom stereocenters. The maximum atomic E-state index is 5.83. The first kappa shape index (κ1) is 9.82. The van der Waals surface area contributed by atoms with E-state index in [2.05, 4.69) is 37.6 Å². The van der Waals surface area contributed by atoms with Gasteiger partial charge in [-0.1, -0.05) is 11.3 Å². The van der Waals surface area contributed by atoms with Crippen molar-refractivity contribution in [3.63, 3.8) is 0 Å². The van der Waals surface area contributed by atoms with Crippen molar-refractivity contribution in [1.29, 1.82) is 0 Å². The summed E-state index contributed by atoms with van der Waals surface area (Å²) in [5, 5.41) is 11.1. The van der Waals surface area contributed by atoms with Crippen LogP contribution in [0.2, 0.25) is 0 Å². The summed E-state index contributed by atoms with van der Waals surface area (Å²) in [5.41, 5.74) is 7.96. The van der Waals surface area contributed by atoms with Crippen molar-refractivity contribution in [3.8, 4) is 0 Å². The number of halogens is 1. The van der Waals surface area contributed by atoms with E-state index in [1.807, 2.05) is 7.05 Å². The van der Waals surface area contributed by atoms with E-state index in [0.29, 0.717) is 0 Å². The highest BCUT2D eigenvalue weighted by Crippen LogP contribution is 2.22. The van der Waals surface area contributed by atoms with Crippen LogP contribution in [0.25, 0.3) is 5.57 Å². The Morgan fingerprint density at radius 3 is 3.07 bits per heavy atom. The van der Waals surface area contributed by atoms with Crippen molar-refractivity contribution >= 4 is 21.5 Å². The zero-order valence-corrected chi connectivity index (χ0v) is 9.45. The zero-order chi connectivity index (χ0) is 10.1. The first-order valence-electron chi connectivity index (χ1n) is 4.41. The predicted octanol–water partition coefficient (Wildman–Crippen LogP) is -0.109. The van der Waals surface area contributed by atoms with E-state index >= 15 is 0 Å². The van der Waals surface area contributed by atoms with Gasteiger partial charge in [-0.3, -0.25) is 0 Å². The molecule has 14 heavy (non-hydrogen) atoms. The van der Waals surface area contributed by atoms with Crippen LogP contribution in [0.4, 0.5) is 0 Å². The second-order valence-corrected chi connectivity index (χ2v) is 4.09. The van der Waals surface area contributed by atoms with Gasteiger partial charge in [0.15, 0.2) is 4.60 Å². The molecule has 1 aromatic heterocycles. The third-order valence-electron chi connectivity index (χ3n) is 2.20. The first-order chi connectivity index (χ1) is 6.68. The minimum absolute atomic E-state index is 0.0700. The molecule has 0 fully saturated rings. The Morgan fingerprint density at radius 1 is 1.71 bits per heavy atom. The molecule has 1 aliphatic rings. The Bertz CT molecular complexity index is 350. The van der Waals surface area contributed by atoms with Crippen LogP contribution in [0.15, 0.2) is 10.7 Å². The molecule has 3 N–H and O–H groups in total. The SMILES string of the molecule is Cn1nnc(Br)c1C1=CC(N)CNC1. The maximum Gasteiger partial charge on any atom is 0.156 e. The summed E-state index contributed by atoms with van der Waals surface area (Å²) < 4.78 is 2.51. The highest BCUT2D eigenvalue weighted by Gasteiger charge is 2.17. The average Bonchev–Trinajstić information content (AvgIpc) is 2.46. The highest BCUT2D eigenvalue weighted by molar-refractivity contribution is 9.10. The Morgan fingerprint density at radius 2 is 2.50 bits per heavy atom. The molecule has 0 amide bonds. The lowest BCUT2D eigenvalue weighted by Gasteiger charge is -2.19. The van der Waals surface area contributed by atoms with Crippen LogP contribution in [0.3, 0.4) is 0 Å². The molecular formula is C8H12BrN5. The fraction of sp³-hybridized carbons (Fsp3) is 0.500. The highest BCUT2D eigenvalue weighted by atomic mass is 79.9. The van der Waals surface area contributed by atoms with Crippen molar-refractivity contribution in [2.45, 2.75) is 6.04 Å². The summed E-state index contributed by atoms with van der Waals surface area (Å²) in [4.78, 5) is 0. The number of rotatable bonds is 1. The summed E-state index contributed by atoms with van der Waals surface area (Å²) in [6.45, 7) is 1.64. The van der Waals surface area contributed by atoms with Crippen LogP contribution in [0.5, 0.6) is 0 Å². The number of nitrogens with zero attached hydrogens (tertiary/aromatic N) is 3. The van der Waals surface area contributed by atoms with Gasteiger partial charge in [0.1, 0.15) is 0 Å². The fourth-order valence-corrected chi connectivity index (χ4v) is 2.17. The lowest BCUT2D eigenvalue weighted by Crippen LogP contribution is -2.37. The molecule has 2 rings (SSSR count). The van der Waals surface area contributed by atoms with E-state index in [1.54, 1.807) is 4.68 Å². The van der Waals surface area contributed by atoms with E-state index < -0.39 is 0 Å². The molecule has 0 spiro atoms. The Labute approximate surface area is 90.5 Å². The van der Waals surface area contributed by atoms with Gasteiger partial charge in [-0.15, -0.1) is 5.10 Å². The number of aryl methyl sites for hydroxylation is 1. The molecule has 1 aromatic rings. The normalized spacial score (nSPS) is 22.2. The molecule has 6 heteroatoms. The molecule has 0 radical (unpaired) electrons. The lowest BCUT2D eigenvalue weighted by atomic mass is 10.1. The van der Waals surface area contributed by atoms with Crippen LogP contribution in [0, 0.1) is 0 Å². The molecule has 1 unspecified atom stereocenters. The summed E-state index contributed by atoms with van der Waals surface area (Å²) >= 11 is 3.37. The third-order valence-corrected chi connectivity index (χ3v) is 2.73. The van der Waals surface area contributed by atoms with Gasteiger partial charge in [0.2, 0.25) is 0 Å². The third kappa shape index (κ3) is 1.73. The molecule has 2 heterocycles. The van der Waals surface area contributed by atoms with Crippen molar-refractivity contribution in [3.05, 3.63) is 16.4 Å². The van der Waals surface area contributed by atoms with Gasteiger partial charge in [0, 0.05) is 26.2 Å². The summed E-state index contributed by atoms with van der Waals surface area (Å²) in [6.07, 6.45) is 2.06. The second-order valence-electron chi connectivity index (χ2n) is 3.34. The summed E-state index contributed by atoms with van der Waals surface area (Å²) in [6, 6.07) is 0.0700. The Hall–Kier alpha value is -0.720. The largest absolute Gasteiger partial charge is 0.323 e. The molecule has 76 valence electrons. The quantitative estimate of drug-likeness (QED) is 0.737. The van der Waals surface area contributed by atoms with Gasteiger partial charge in [-0.25, -0.2) is 4.68 Å². The zero-order valence-electron chi connectivity index (χ0n) is 7.87. The van der Waals surface area contributed by atoms with Crippen LogP contribution < -0.4 is 11.1 Å². The van der Waals surface area contributed by atoms with Gasteiger partial charge in [0.05, 0.1) is 5.69 Å². The average molecular weight is 258 g/mol. The topological polar surface area (TPSA) is 68.8 Å². The standard InChI is InChI=1S/C8H12BrN5/c1-14-7(8(9)12-13-14)5-2-6(10)4-11-3-5/h2,6,11H,3-4,10H2,1H3. The van der Waals surface area contributed by atoms with E-state index in [9.17, 15) is 0 Å². The van der Waals surface area contributed by atoms with Gasteiger partial charge in [-0.05, 0) is 21.5 Å². The van der Waals surface area contributed by atoms with Crippen molar-refractivity contribution in [2.24, 2.45) is 12.8 Å². The Balaban J connectivity index is 2.39. The molecular weight excluding hydrogens is 246 g/mol. The van der Waals surface area contributed by atoms with Crippen LogP contribution in [0.1, 0.15) is 5.69 Å². The predicted molar refractivity (Wildman–Crippen MR) is 57.5 cm³/mol. The lowest BCUT2D eigenvalue weighted by molar-refractivity contribution is 0.651. The number of aromatic nitrogens is 3. The van der Waals surface area contributed by atoms with Crippen LogP contribution >= 0.6 is 15.9 Å². The molecule has 0 bridgehead atoms. The van der Waals surface area contributed by atoms with E-state index in [0.717, 1.165) is 29.0 Å². The van der Waals surface area contributed by atoms with E-state index in [-0.39, 0.29) is 6.04 Å². The molecule has 1 aliphatic heterocycles. The van der Waals surface area contributed by atoms with Crippen molar-refractivity contribution < 1.29 is 0 Å². The molecule has 5 nitrogen and oxygen atoms in total. The Kier molecular flexibility index (Phi) is 2.66. The number of nitrogens with two attached hydrogens (primary N) is 1. The van der Waals surface area contributed by atoms with Crippen molar-refractivity contribution in [1.82, 2.24) is 20.3 Å². The molecule has 0 aromatic carbocycles. The molecule has 0 saturated heterocycles. The monoisotopic (exact) mass is 257 g/mol. The van der Waals surface area contributed by atoms with Gasteiger partial charge >= 0.3 is 0 Å². The maximum absolute atomic E-state index is 5.83. The van der Waals surface area contributed by atoms with Crippen LogP contribution in [-0.2, 0) is 7.05 Å². The second kappa shape index (κ2) is 3.80. The molecule has 0 aliphatic carbocycles. The van der Waals surface area contributed by atoms with Gasteiger partial charge in [0.25, 0.3) is 0 Å². The minimum Gasteiger partial charge on any atom is -0.323 e. The number of hydrogen-bond acceptors (Lipinski definition) is 4. The van der Waals surface area contributed by atoms with Gasteiger partial charge < -0.3 is 11.1 Å². The number of nitrogens with one attached hydrogen (secondary N) is 1. The smallest absolute Gasteiger partial charge is 0.156 e. The fourth-order valence-electron chi connectivity index (χ4n) is 1.58. The van der Waals surface area contributed by atoms with Gasteiger partial charge in [-0.2, -0.15) is 0 Å². The van der Waals surface area contributed by atoms with E-state index in [1.165, 1.54) is 0 Å². The minimum atomic E-state index is 0.0700. The van der Waals surface area contributed by atoms with E-state index in [4.69, 9.17) is 5.73 Å². The first-order valence-corrected chi connectivity index (χ1v) is 5.20. The molecule has 0 saturated carbocycles. The van der Waals surface area contributed by atoms with Crippen molar-refractivity contribution in [2.75, 3.05) is 13.1 Å². The summed E-state index contributed by atoms with van der Waals surface area (Å²) in [5.74, 6) is 0. The van der Waals surface area contributed by atoms with Crippen LogP contribution in [-0.4, -0.2) is 34.1 Å². The number of hydrogen-bond donors (Lipinski definition) is 2.